The number of nitrogens with one attached hydrogen (secondary N) is 1. The number of fused-ring (bicyclic) bond motifs is 3. The first-order valence-electron chi connectivity index (χ1n) is 7.01. The van der Waals surface area contributed by atoms with Crippen molar-refractivity contribution in [1.82, 2.24) is 14.8 Å². The van der Waals surface area contributed by atoms with E-state index in [0.29, 0.717) is 11.2 Å². The molecule has 0 unspecified atom stereocenters. The third-order valence-corrected chi connectivity index (χ3v) is 3.90. The van der Waals surface area contributed by atoms with Gasteiger partial charge in [-0.25, -0.2) is 13.5 Å². The molecule has 0 saturated heterocycles. The molecule has 23 heavy (non-hydrogen) atoms. The van der Waals surface area contributed by atoms with Crippen molar-refractivity contribution in [2.45, 2.75) is 6.92 Å². The van der Waals surface area contributed by atoms with Crippen LogP contribution in [0.3, 0.4) is 0 Å². The number of hydrogen-bond acceptors (Lipinski definition) is 2. The van der Waals surface area contributed by atoms with E-state index in [2.05, 4.69) is 10.1 Å². The van der Waals surface area contributed by atoms with E-state index in [-0.39, 0.29) is 21.8 Å². The Bertz CT molecular complexity index is 1130. The van der Waals surface area contributed by atoms with Crippen LogP contribution in [-0.4, -0.2) is 14.8 Å². The summed E-state index contributed by atoms with van der Waals surface area (Å²) in [5.74, 6) is -1.47. The van der Waals surface area contributed by atoms with Crippen molar-refractivity contribution in [3.8, 4) is 5.69 Å². The predicted octanol–water partition coefficient (Wildman–Crippen LogP) is 3.45. The Kier molecular flexibility index (Phi) is 2.81. The molecular weight excluding hydrogens is 300 g/mol. The number of aromatic amines is 1. The van der Waals surface area contributed by atoms with Gasteiger partial charge in [0.15, 0.2) is 5.82 Å². The van der Waals surface area contributed by atoms with E-state index in [1.165, 1.54) is 16.9 Å². The van der Waals surface area contributed by atoms with Gasteiger partial charge in [0.1, 0.15) is 11.3 Å². The van der Waals surface area contributed by atoms with Crippen LogP contribution in [0.25, 0.3) is 27.5 Å². The van der Waals surface area contributed by atoms with Crippen molar-refractivity contribution in [2.24, 2.45) is 0 Å². The smallest absolute Gasteiger partial charge is 0.280 e. The van der Waals surface area contributed by atoms with E-state index in [1.807, 2.05) is 25.1 Å². The molecule has 6 heteroatoms. The fraction of sp³-hybridized carbons (Fsp3) is 0.0588. The maximum absolute atomic E-state index is 13.9. The highest BCUT2D eigenvalue weighted by molar-refractivity contribution is 6.02. The van der Waals surface area contributed by atoms with Crippen molar-refractivity contribution >= 4 is 21.8 Å². The summed E-state index contributed by atoms with van der Waals surface area (Å²) in [4.78, 5) is 16.6. The molecule has 0 aliphatic rings. The number of hydrogen-bond donors (Lipinski definition) is 1. The maximum atomic E-state index is 13.9. The van der Waals surface area contributed by atoms with Gasteiger partial charge in [-0.1, -0.05) is 18.2 Å². The van der Waals surface area contributed by atoms with Gasteiger partial charge in [-0.15, -0.1) is 0 Å². The molecule has 0 bridgehead atoms. The van der Waals surface area contributed by atoms with Crippen LogP contribution < -0.4 is 5.56 Å². The summed E-state index contributed by atoms with van der Waals surface area (Å²) in [6, 6.07) is 9.31. The van der Waals surface area contributed by atoms with Crippen LogP contribution in [0.4, 0.5) is 8.78 Å². The highest BCUT2D eigenvalue weighted by Crippen LogP contribution is 2.24. The number of halogens is 2. The van der Waals surface area contributed by atoms with Crippen LogP contribution in [0, 0.1) is 18.6 Å². The molecule has 114 valence electrons. The van der Waals surface area contributed by atoms with Crippen LogP contribution in [0.1, 0.15) is 5.56 Å². The SMILES string of the molecule is Cc1ccccc1-n1[nH]c2c(cnc3c(F)cc(F)cc32)c1=O. The normalized spacial score (nSPS) is 11.4. The third-order valence-electron chi connectivity index (χ3n) is 3.90. The van der Waals surface area contributed by atoms with Crippen LogP contribution in [0.15, 0.2) is 47.4 Å². The number of aryl methyl sites for hydroxylation is 1. The molecule has 2 heterocycles. The van der Waals surface area contributed by atoms with Crippen molar-refractivity contribution in [1.29, 1.82) is 0 Å². The van der Waals surface area contributed by atoms with E-state index in [4.69, 9.17) is 0 Å². The summed E-state index contributed by atoms with van der Waals surface area (Å²) in [5, 5.41) is 3.47. The molecule has 0 fully saturated rings. The molecule has 2 aromatic heterocycles. The van der Waals surface area contributed by atoms with Crippen LogP contribution in [0.5, 0.6) is 0 Å². The number of H-pyrrole nitrogens is 1. The molecular formula is C17H11F2N3O. The molecule has 0 aliphatic heterocycles. The second kappa shape index (κ2) is 4.74. The number of para-hydroxylation sites is 1. The Hall–Kier alpha value is -3.02. The molecule has 0 atom stereocenters. The molecule has 0 spiro atoms. The van der Waals surface area contributed by atoms with E-state index < -0.39 is 11.6 Å². The molecule has 4 nitrogen and oxygen atoms in total. The number of rotatable bonds is 1. The van der Waals surface area contributed by atoms with Gasteiger partial charge in [0.2, 0.25) is 0 Å². The molecule has 2 aromatic carbocycles. The first kappa shape index (κ1) is 13.6. The minimum Gasteiger partial charge on any atom is -0.290 e. The topological polar surface area (TPSA) is 50.7 Å². The van der Waals surface area contributed by atoms with Gasteiger partial charge >= 0.3 is 0 Å². The van der Waals surface area contributed by atoms with Gasteiger partial charge in [0.05, 0.1) is 16.6 Å². The Morgan fingerprint density at radius 1 is 1.13 bits per heavy atom. The Labute approximate surface area is 129 Å². The zero-order valence-electron chi connectivity index (χ0n) is 12.1. The Morgan fingerprint density at radius 3 is 2.70 bits per heavy atom. The van der Waals surface area contributed by atoms with Crippen molar-refractivity contribution in [2.75, 3.05) is 0 Å². The van der Waals surface area contributed by atoms with Crippen molar-refractivity contribution < 1.29 is 8.78 Å². The van der Waals surface area contributed by atoms with E-state index in [0.717, 1.165) is 11.6 Å². The van der Waals surface area contributed by atoms with Crippen LogP contribution in [-0.2, 0) is 0 Å². The van der Waals surface area contributed by atoms with Crippen molar-refractivity contribution in [3.05, 3.63) is 70.1 Å². The molecule has 0 amide bonds. The number of benzene rings is 2. The Balaban J connectivity index is 2.14. The molecule has 0 saturated carbocycles. The van der Waals surface area contributed by atoms with Crippen LogP contribution >= 0.6 is 0 Å². The van der Waals surface area contributed by atoms with Crippen LogP contribution in [0.2, 0.25) is 0 Å². The highest BCUT2D eigenvalue weighted by Gasteiger charge is 2.15. The summed E-state index contributed by atoms with van der Waals surface area (Å²) in [6.45, 7) is 1.88. The number of pyridine rings is 1. The second-order valence-electron chi connectivity index (χ2n) is 5.37. The summed E-state index contributed by atoms with van der Waals surface area (Å²) < 4.78 is 28.8. The lowest BCUT2D eigenvalue weighted by Gasteiger charge is -2.04. The largest absolute Gasteiger partial charge is 0.290 e. The summed E-state index contributed by atoms with van der Waals surface area (Å²) in [6.07, 6.45) is 1.31. The van der Waals surface area contributed by atoms with E-state index in [1.54, 1.807) is 6.07 Å². The lowest BCUT2D eigenvalue weighted by molar-refractivity contribution is 0.590. The monoisotopic (exact) mass is 311 g/mol. The second-order valence-corrected chi connectivity index (χ2v) is 5.37. The molecule has 4 rings (SSSR count). The zero-order valence-corrected chi connectivity index (χ0v) is 12.1. The first-order chi connectivity index (χ1) is 11.1. The average Bonchev–Trinajstić information content (AvgIpc) is 2.85. The minimum absolute atomic E-state index is 0.0251. The fourth-order valence-corrected chi connectivity index (χ4v) is 2.78. The Morgan fingerprint density at radius 2 is 1.91 bits per heavy atom. The predicted molar refractivity (Wildman–Crippen MR) is 83.8 cm³/mol. The van der Waals surface area contributed by atoms with Gasteiger partial charge in [-0.3, -0.25) is 14.9 Å². The average molecular weight is 311 g/mol. The van der Waals surface area contributed by atoms with E-state index in [9.17, 15) is 13.6 Å². The zero-order chi connectivity index (χ0) is 16.1. The lowest BCUT2D eigenvalue weighted by atomic mass is 10.1. The molecule has 1 N–H and O–H groups in total. The minimum atomic E-state index is -0.758. The summed E-state index contributed by atoms with van der Waals surface area (Å²) in [7, 11) is 0. The maximum Gasteiger partial charge on any atom is 0.280 e. The summed E-state index contributed by atoms with van der Waals surface area (Å²) in [5.41, 5.74) is 1.65. The summed E-state index contributed by atoms with van der Waals surface area (Å²) >= 11 is 0. The fourth-order valence-electron chi connectivity index (χ4n) is 2.78. The molecule has 0 radical (unpaired) electrons. The molecule has 0 aliphatic carbocycles. The van der Waals surface area contributed by atoms with Crippen molar-refractivity contribution in [3.63, 3.8) is 0 Å². The lowest BCUT2D eigenvalue weighted by Crippen LogP contribution is -2.15. The van der Waals surface area contributed by atoms with Gasteiger partial charge in [-0.05, 0) is 24.6 Å². The van der Waals surface area contributed by atoms with Gasteiger partial charge in [0, 0.05) is 17.6 Å². The van der Waals surface area contributed by atoms with Gasteiger partial charge in [0.25, 0.3) is 5.56 Å². The van der Waals surface area contributed by atoms with Gasteiger partial charge in [-0.2, -0.15) is 0 Å². The van der Waals surface area contributed by atoms with Gasteiger partial charge < -0.3 is 0 Å². The standard InChI is InChI=1S/C17H11F2N3O/c1-9-4-2-3-5-14(9)22-17(23)12-8-20-16-11(15(12)21-22)6-10(18)7-13(16)19/h2-8,21H,1H3. The number of nitrogens with zero attached hydrogens (tertiary/aromatic N) is 2. The third kappa shape index (κ3) is 1.95. The number of aromatic nitrogens is 3. The quantitative estimate of drug-likeness (QED) is 0.585. The molecule has 4 aromatic rings. The highest BCUT2D eigenvalue weighted by atomic mass is 19.1. The first-order valence-corrected chi connectivity index (χ1v) is 7.01. The van der Waals surface area contributed by atoms with E-state index >= 15 is 0 Å².